The van der Waals surface area contributed by atoms with Crippen LogP contribution >= 0.6 is 11.6 Å². The Labute approximate surface area is 229 Å². The van der Waals surface area contributed by atoms with Crippen molar-refractivity contribution in [3.8, 4) is 0 Å². The number of hydrazone groups is 1. The van der Waals surface area contributed by atoms with Crippen molar-refractivity contribution < 1.29 is 26.7 Å². The van der Waals surface area contributed by atoms with E-state index in [0.717, 1.165) is 33.4 Å². The van der Waals surface area contributed by atoms with Gasteiger partial charge < -0.3 is 15.8 Å². The van der Waals surface area contributed by atoms with E-state index in [0.29, 0.717) is 17.0 Å². The van der Waals surface area contributed by atoms with Crippen LogP contribution in [0.15, 0.2) is 89.3 Å². The fourth-order valence-electron chi connectivity index (χ4n) is 4.54. The van der Waals surface area contributed by atoms with Gasteiger partial charge in [-0.05, 0) is 66.3 Å². The van der Waals surface area contributed by atoms with E-state index in [-0.39, 0.29) is 22.8 Å². The molecule has 0 fully saturated rings. The second kappa shape index (κ2) is 10.9. The molecule has 1 atom stereocenters. The molecule has 39 heavy (non-hydrogen) atoms. The summed E-state index contributed by atoms with van der Waals surface area (Å²) in [4.78, 5) is 2.15. The minimum atomic E-state index is -4.60. The molecule has 2 aromatic rings. The van der Waals surface area contributed by atoms with Gasteiger partial charge in [-0.1, -0.05) is 48.5 Å². The molecule has 1 aliphatic heterocycles. The summed E-state index contributed by atoms with van der Waals surface area (Å²) in [6.07, 6.45) is 1.43. The first-order chi connectivity index (χ1) is 18.3. The van der Waals surface area contributed by atoms with Crippen molar-refractivity contribution in [1.82, 2.24) is 4.90 Å². The number of aliphatic hydroxyl groups is 1. The number of hydrogen-bond donors (Lipinski definition) is 2. The predicted octanol–water partition coefficient (Wildman–Crippen LogP) is 5.54. The lowest BCUT2D eigenvalue weighted by atomic mass is 9.93. The van der Waals surface area contributed by atoms with E-state index in [1.807, 2.05) is 24.3 Å². The summed E-state index contributed by atoms with van der Waals surface area (Å²) in [7, 11) is -4.06. The number of anilines is 1. The highest BCUT2D eigenvalue weighted by Crippen LogP contribution is 2.38. The van der Waals surface area contributed by atoms with E-state index >= 15 is 0 Å². The lowest BCUT2D eigenvalue weighted by Gasteiger charge is -2.37. The normalized spacial score (nSPS) is 19.2. The summed E-state index contributed by atoms with van der Waals surface area (Å²) in [5.41, 5.74) is 1.21. The molecule has 1 heterocycles. The second-order valence-electron chi connectivity index (χ2n) is 8.97. The van der Waals surface area contributed by atoms with E-state index in [1.54, 1.807) is 12.1 Å². The number of halogens is 4. The Balaban J connectivity index is 1.62. The maximum Gasteiger partial charge on any atom is 0.416 e. The third kappa shape index (κ3) is 5.75. The van der Waals surface area contributed by atoms with Gasteiger partial charge >= 0.3 is 6.18 Å². The van der Waals surface area contributed by atoms with Crippen LogP contribution in [0.2, 0.25) is 5.02 Å². The van der Waals surface area contributed by atoms with Gasteiger partial charge in [-0.25, -0.2) is 8.42 Å². The van der Waals surface area contributed by atoms with Crippen molar-refractivity contribution in [2.45, 2.75) is 32.2 Å². The molecular weight excluding hydrogens is 553 g/mol. The van der Waals surface area contributed by atoms with Gasteiger partial charge in [0.1, 0.15) is 5.03 Å². The predicted molar refractivity (Wildman–Crippen MR) is 147 cm³/mol. The van der Waals surface area contributed by atoms with Gasteiger partial charge in [-0.15, -0.1) is 0 Å². The summed E-state index contributed by atoms with van der Waals surface area (Å²) in [5, 5.41) is 14.7. The Hall–Kier alpha value is -3.54. The Morgan fingerprint density at radius 3 is 2.46 bits per heavy atom. The van der Waals surface area contributed by atoms with Crippen molar-refractivity contribution >= 4 is 38.5 Å². The molecule has 7 nitrogen and oxygen atoms in total. The van der Waals surface area contributed by atoms with Gasteiger partial charge in [0.15, 0.2) is 21.9 Å². The van der Waals surface area contributed by atoms with E-state index in [9.17, 15) is 26.7 Å². The minimum Gasteiger partial charge on any atom is -0.366 e. The average molecular weight is 579 g/mol. The SMILES string of the molecule is C=C(N1C=CN(c2cccc(C(F)(F)F)c2C)C(O)/C1=N/N)S(=O)(=O)CC1=CCCC=C1c1ccc(Cl)cc1. The highest BCUT2D eigenvalue weighted by molar-refractivity contribution is 7.95. The van der Waals surface area contributed by atoms with Gasteiger partial charge in [0.05, 0.1) is 11.3 Å². The summed E-state index contributed by atoms with van der Waals surface area (Å²) >= 11 is 6.00. The number of aliphatic hydroxyl groups excluding tert-OH is 1. The molecule has 2 aliphatic rings. The topological polar surface area (TPSA) is 99.2 Å². The molecule has 4 rings (SSSR count). The molecule has 3 N–H and O–H groups in total. The quantitative estimate of drug-likeness (QED) is 0.345. The van der Waals surface area contributed by atoms with Crippen LogP contribution in [0.4, 0.5) is 18.9 Å². The molecule has 206 valence electrons. The highest BCUT2D eigenvalue weighted by atomic mass is 35.5. The smallest absolute Gasteiger partial charge is 0.366 e. The van der Waals surface area contributed by atoms with Crippen LogP contribution in [0.1, 0.15) is 29.5 Å². The number of benzene rings is 2. The first-order valence-electron chi connectivity index (χ1n) is 11.8. The Kier molecular flexibility index (Phi) is 7.97. The maximum atomic E-state index is 13.5. The first kappa shape index (κ1) is 28.5. The monoisotopic (exact) mass is 578 g/mol. The molecule has 0 bridgehead atoms. The summed E-state index contributed by atoms with van der Waals surface area (Å²) in [5.74, 6) is 4.81. The van der Waals surface area contributed by atoms with Crippen molar-refractivity contribution in [2.75, 3.05) is 10.7 Å². The molecule has 1 unspecified atom stereocenters. The largest absolute Gasteiger partial charge is 0.416 e. The number of rotatable bonds is 6. The molecule has 12 heteroatoms. The van der Waals surface area contributed by atoms with Gasteiger partial charge in [-0.3, -0.25) is 4.90 Å². The number of hydrogen-bond acceptors (Lipinski definition) is 6. The Morgan fingerprint density at radius 2 is 1.82 bits per heavy atom. The third-order valence-corrected chi connectivity index (χ3v) is 8.38. The standard InChI is InChI=1S/C27H26ClF3N4O3S/c1-17-23(27(29,30)31)8-5-9-24(17)35-15-14-34(25(33-32)26(35)36)18(2)39(37,38)16-20-6-3-4-7-22(20)19-10-12-21(28)13-11-19/h5-15,26,36H,2-4,16,32H2,1H3/b33-25-. The zero-order valence-electron chi connectivity index (χ0n) is 20.9. The van der Waals surface area contributed by atoms with Crippen LogP contribution in [0.5, 0.6) is 0 Å². The zero-order valence-corrected chi connectivity index (χ0v) is 22.4. The van der Waals surface area contributed by atoms with Crippen LogP contribution < -0.4 is 10.7 Å². The number of sulfone groups is 1. The van der Waals surface area contributed by atoms with Crippen molar-refractivity contribution in [3.63, 3.8) is 0 Å². The molecule has 0 saturated heterocycles. The molecule has 0 spiro atoms. The second-order valence-corrected chi connectivity index (χ2v) is 11.4. The lowest BCUT2D eigenvalue weighted by Crippen LogP contribution is -2.50. The molecule has 0 saturated carbocycles. The van der Waals surface area contributed by atoms with Crippen LogP contribution in [-0.4, -0.2) is 36.2 Å². The number of amidine groups is 1. The van der Waals surface area contributed by atoms with E-state index < -0.39 is 32.8 Å². The first-order valence-corrected chi connectivity index (χ1v) is 13.8. The molecule has 0 aromatic heterocycles. The number of alkyl halides is 3. The van der Waals surface area contributed by atoms with Crippen molar-refractivity contribution in [1.29, 1.82) is 0 Å². The average Bonchev–Trinajstić information content (AvgIpc) is 2.88. The number of allylic oxidation sites excluding steroid dienone is 3. The van der Waals surface area contributed by atoms with Crippen molar-refractivity contribution in [2.24, 2.45) is 10.9 Å². The third-order valence-electron chi connectivity index (χ3n) is 6.52. The fraction of sp³-hybridized carbons (Fsp3) is 0.222. The molecule has 0 amide bonds. The Morgan fingerprint density at radius 1 is 1.15 bits per heavy atom. The van der Waals surface area contributed by atoms with Gasteiger partial charge in [-0.2, -0.15) is 18.3 Å². The minimum absolute atomic E-state index is 0.0490. The summed E-state index contributed by atoms with van der Waals surface area (Å²) < 4.78 is 67.3. The molecular formula is C27H26ClF3N4O3S. The maximum absolute atomic E-state index is 13.5. The zero-order chi connectivity index (χ0) is 28.5. The highest BCUT2D eigenvalue weighted by Gasteiger charge is 2.37. The van der Waals surface area contributed by atoms with Gasteiger partial charge in [0, 0.05) is 23.1 Å². The molecule has 1 aliphatic carbocycles. The number of nitrogens with two attached hydrogens (primary N) is 1. The number of nitrogens with zero attached hydrogens (tertiary/aromatic N) is 3. The van der Waals surface area contributed by atoms with Gasteiger partial charge in [0.25, 0.3) is 0 Å². The van der Waals surface area contributed by atoms with E-state index in [1.165, 1.54) is 31.5 Å². The van der Waals surface area contributed by atoms with E-state index in [2.05, 4.69) is 11.7 Å². The lowest BCUT2D eigenvalue weighted by molar-refractivity contribution is -0.138. The van der Waals surface area contributed by atoms with Crippen LogP contribution in [-0.2, 0) is 16.0 Å². The summed E-state index contributed by atoms with van der Waals surface area (Å²) in [6, 6.07) is 10.6. The van der Waals surface area contributed by atoms with Crippen LogP contribution in [0, 0.1) is 6.92 Å². The van der Waals surface area contributed by atoms with Crippen LogP contribution in [0.25, 0.3) is 5.57 Å². The summed E-state index contributed by atoms with van der Waals surface area (Å²) in [6.45, 7) is 5.00. The van der Waals surface area contributed by atoms with Crippen molar-refractivity contribution in [3.05, 3.63) is 106 Å². The van der Waals surface area contributed by atoms with Crippen LogP contribution in [0.3, 0.4) is 0 Å². The fourth-order valence-corrected chi connectivity index (χ4v) is 5.97. The van der Waals surface area contributed by atoms with E-state index in [4.69, 9.17) is 17.4 Å². The molecule has 2 aromatic carbocycles. The van der Waals surface area contributed by atoms with Gasteiger partial charge in [0.2, 0.25) is 0 Å². The molecule has 0 radical (unpaired) electrons. The Bertz CT molecular complexity index is 1510.